The van der Waals surface area contributed by atoms with Gasteiger partial charge in [-0.25, -0.2) is 4.98 Å². The summed E-state index contributed by atoms with van der Waals surface area (Å²) in [4.78, 5) is 7.60. The molecule has 1 N–H and O–H groups in total. The largest absolute Gasteiger partial charge is 0.317 e. The van der Waals surface area contributed by atoms with Crippen LogP contribution in [0.2, 0.25) is 0 Å². The van der Waals surface area contributed by atoms with E-state index in [0.717, 1.165) is 11.9 Å². The maximum Gasteiger partial charge on any atom is 0.154 e. The first kappa shape index (κ1) is 12.8. The fourth-order valence-corrected chi connectivity index (χ4v) is 3.86. The lowest BCUT2D eigenvalue weighted by Crippen LogP contribution is -2.43. The number of aryl methyl sites for hydroxylation is 1. The molecule has 1 aromatic rings. The lowest BCUT2D eigenvalue weighted by Gasteiger charge is -2.35. The Morgan fingerprint density at radius 1 is 1.10 bits per heavy atom. The van der Waals surface area contributed by atoms with Crippen molar-refractivity contribution in [3.05, 3.63) is 11.6 Å². The van der Waals surface area contributed by atoms with Crippen molar-refractivity contribution < 1.29 is 0 Å². The summed E-state index contributed by atoms with van der Waals surface area (Å²) in [5, 5.41) is 8.13. The molecule has 1 aliphatic carbocycles. The Hall–Kier alpha value is -0.940. The maximum atomic E-state index is 4.89. The Balaban J connectivity index is 1.56. The molecule has 1 unspecified atom stereocenters. The van der Waals surface area contributed by atoms with Crippen LogP contribution < -0.4 is 5.32 Å². The van der Waals surface area contributed by atoms with Gasteiger partial charge in [-0.2, -0.15) is 5.10 Å². The van der Waals surface area contributed by atoms with Crippen LogP contribution in [0.25, 0.3) is 0 Å². The summed E-state index contributed by atoms with van der Waals surface area (Å²) in [6.45, 7) is 3.57. The van der Waals surface area contributed by atoms with Crippen LogP contribution in [-0.4, -0.2) is 45.3 Å². The minimum Gasteiger partial charge on any atom is -0.317 e. The Morgan fingerprint density at radius 2 is 1.90 bits per heavy atom. The van der Waals surface area contributed by atoms with Crippen LogP contribution in [0.1, 0.15) is 62.1 Å². The van der Waals surface area contributed by atoms with E-state index in [-0.39, 0.29) is 0 Å². The van der Waals surface area contributed by atoms with Crippen molar-refractivity contribution in [2.75, 3.05) is 19.6 Å². The number of aromatic nitrogens is 3. The molecule has 0 amide bonds. The van der Waals surface area contributed by atoms with Gasteiger partial charge in [0.05, 0.1) is 6.04 Å². The number of rotatable bonds is 3. The van der Waals surface area contributed by atoms with Gasteiger partial charge in [0, 0.05) is 19.0 Å². The Bertz CT molecular complexity index is 473. The molecule has 5 heteroatoms. The fraction of sp³-hybridized carbons (Fsp3) is 0.867. The molecule has 5 nitrogen and oxygen atoms in total. The summed E-state index contributed by atoms with van der Waals surface area (Å²) in [5.74, 6) is 2.96. The van der Waals surface area contributed by atoms with Crippen molar-refractivity contribution in [2.24, 2.45) is 7.05 Å². The molecule has 2 aliphatic heterocycles. The summed E-state index contributed by atoms with van der Waals surface area (Å²) < 4.78 is 2.05. The Labute approximate surface area is 120 Å². The highest BCUT2D eigenvalue weighted by Gasteiger charge is 2.36. The second-order valence-corrected chi connectivity index (χ2v) is 6.60. The number of nitrogens with zero attached hydrogens (tertiary/aromatic N) is 4. The number of nitrogens with one attached hydrogen (secondary N) is 1. The van der Waals surface area contributed by atoms with Crippen molar-refractivity contribution in [1.82, 2.24) is 25.0 Å². The van der Waals surface area contributed by atoms with Gasteiger partial charge in [0.1, 0.15) is 5.82 Å². The first-order valence-corrected chi connectivity index (χ1v) is 8.20. The Morgan fingerprint density at radius 3 is 2.65 bits per heavy atom. The summed E-state index contributed by atoms with van der Waals surface area (Å²) in [6, 6.07) is 1.24. The highest BCUT2D eigenvalue weighted by Crippen LogP contribution is 2.40. The topological polar surface area (TPSA) is 46.0 Å². The third-order valence-electron chi connectivity index (χ3n) is 5.13. The van der Waals surface area contributed by atoms with Gasteiger partial charge in [-0.05, 0) is 58.2 Å². The van der Waals surface area contributed by atoms with Crippen molar-refractivity contribution in [2.45, 2.75) is 56.5 Å². The van der Waals surface area contributed by atoms with Gasteiger partial charge in [-0.1, -0.05) is 0 Å². The second-order valence-electron chi connectivity index (χ2n) is 6.60. The van der Waals surface area contributed by atoms with E-state index in [2.05, 4.69) is 27.0 Å². The predicted octanol–water partition coefficient (Wildman–Crippen LogP) is 1.58. The van der Waals surface area contributed by atoms with Gasteiger partial charge in [-0.3, -0.25) is 9.58 Å². The van der Waals surface area contributed by atoms with E-state index < -0.39 is 0 Å². The molecular weight excluding hydrogens is 250 g/mol. The lowest BCUT2D eigenvalue weighted by atomic mass is 10.0. The van der Waals surface area contributed by atoms with Crippen LogP contribution in [0.5, 0.6) is 0 Å². The minimum absolute atomic E-state index is 0.503. The Kier molecular flexibility index (Phi) is 3.27. The standard InChI is InChI=1S/C15H25N5/c1-19-15(17-14(18-19)11-4-5-11)13-3-2-10-20(13)12-6-8-16-9-7-12/h11-13,16H,2-10H2,1H3. The third kappa shape index (κ3) is 2.27. The molecule has 3 heterocycles. The van der Waals surface area contributed by atoms with E-state index in [1.54, 1.807) is 0 Å². The monoisotopic (exact) mass is 275 g/mol. The van der Waals surface area contributed by atoms with Crippen molar-refractivity contribution in [3.8, 4) is 0 Å². The molecule has 3 fully saturated rings. The molecule has 20 heavy (non-hydrogen) atoms. The van der Waals surface area contributed by atoms with E-state index in [9.17, 15) is 0 Å². The van der Waals surface area contributed by atoms with Crippen LogP contribution in [0.3, 0.4) is 0 Å². The first-order valence-electron chi connectivity index (χ1n) is 8.20. The SMILES string of the molecule is Cn1nc(C2CC2)nc1C1CCCN1C1CCNCC1. The molecule has 4 rings (SSSR count). The second kappa shape index (κ2) is 5.11. The van der Waals surface area contributed by atoms with Crippen LogP contribution >= 0.6 is 0 Å². The average molecular weight is 275 g/mol. The van der Waals surface area contributed by atoms with Crippen molar-refractivity contribution >= 4 is 0 Å². The highest BCUT2D eigenvalue weighted by atomic mass is 15.4. The summed E-state index contributed by atoms with van der Waals surface area (Å²) in [7, 11) is 2.08. The molecule has 3 aliphatic rings. The molecule has 2 saturated heterocycles. The molecule has 1 saturated carbocycles. The number of hydrogen-bond donors (Lipinski definition) is 1. The van der Waals surface area contributed by atoms with Crippen molar-refractivity contribution in [3.63, 3.8) is 0 Å². The van der Waals surface area contributed by atoms with Gasteiger partial charge >= 0.3 is 0 Å². The molecule has 0 aromatic carbocycles. The average Bonchev–Trinajstić information content (AvgIpc) is 3.09. The zero-order valence-electron chi connectivity index (χ0n) is 12.4. The van der Waals surface area contributed by atoms with Crippen LogP contribution in [-0.2, 0) is 7.05 Å². The molecule has 1 atom stereocenters. The smallest absolute Gasteiger partial charge is 0.154 e. The van der Waals surface area contributed by atoms with E-state index in [1.165, 1.54) is 64.0 Å². The predicted molar refractivity (Wildman–Crippen MR) is 77.6 cm³/mol. The van der Waals surface area contributed by atoms with Gasteiger partial charge in [-0.15, -0.1) is 0 Å². The molecular formula is C15H25N5. The van der Waals surface area contributed by atoms with Crippen molar-refractivity contribution in [1.29, 1.82) is 0 Å². The zero-order chi connectivity index (χ0) is 13.5. The molecule has 0 bridgehead atoms. The zero-order valence-corrected chi connectivity index (χ0v) is 12.4. The van der Waals surface area contributed by atoms with Gasteiger partial charge < -0.3 is 5.32 Å². The normalized spacial score (nSPS) is 29.1. The number of likely N-dealkylation sites (tertiary alicyclic amines) is 1. The van der Waals surface area contributed by atoms with Crippen LogP contribution in [0, 0.1) is 0 Å². The lowest BCUT2D eigenvalue weighted by molar-refractivity contribution is 0.141. The molecule has 0 spiro atoms. The van der Waals surface area contributed by atoms with E-state index >= 15 is 0 Å². The van der Waals surface area contributed by atoms with Gasteiger partial charge in [0.2, 0.25) is 0 Å². The maximum absolute atomic E-state index is 4.89. The van der Waals surface area contributed by atoms with Gasteiger partial charge in [0.15, 0.2) is 5.82 Å². The highest BCUT2D eigenvalue weighted by molar-refractivity contribution is 5.10. The minimum atomic E-state index is 0.503. The quantitative estimate of drug-likeness (QED) is 0.910. The summed E-state index contributed by atoms with van der Waals surface area (Å²) >= 11 is 0. The fourth-order valence-electron chi connectivity index (χ4n) is 3.86. The molecule has 0 radical (unpaired) electrons. The molecule has 1 aromatic heterocycles. The third-order valence-corrected chi connectivity index (χ3v) is 5.13. The van der Waals surface area contributed by atoms with E-state index in [0.29, 0.717) is 12.0 Å². The van der Waals surface area contributed by atoms with Crippen LogP contribution in [0.4, 0.5) is 0 Å². The summed E-state index contributed by atoms with van der Waals surface area (Å²) in [6.07, 6.45) is 7.69. The number of piperidine rings is 1. The first-order chi connectivity index (χ1) is 9.83. The van der Waals surface area contributed by atoms with E-state index in [4.69, 9.17) is 4.98 Å². The molecule has 110 valence electrons. The van der Waals surface area contributed by atoms with E-state index in [1.807, 2.05) is 0 Å². The van der Waals surface area contributed by atoms with Crippen LogP contribution in [0.15, 0.2) is 0 Å². The summed E-state index contributed by atoms with van der Waals surface area (Å²) in [5.41, 5.74) is 0. The van der Waals surface area contributed by atoms with Gasteiger partial charge in [0.25, 0.3) is 0 Å². The number of hydrogen-bond acceptors (Lipinski definition) is 4.